The van der Waals surface area contributed by atoms with Crippen LogP contribution in [0.15, 0.2) is 66.9 Å². The van der Waals surface area contributed by atoms with Crippen molar-refractivity contribution in [2.75, 3.05) is 27.2 Å². The van der Waals surface area contributed by atoms with Gasteiger partial charge in [-0.15, -0.1) is 0 Å². The van der Waals surface area contributed by atoms with Crippen LogP contribution in [0.4, 0.5) is 9.18 Å². The minimum absolute atomic E-state index is 0.0335. The third kappa shape index (κ3) is 5.93. The van der Waals surface area contributed by atoms with E-state index in [1.54, 1.807) is 29.2 Å². The lowest BCUT2D eigenvalue weighted by atomic mass is 9.87. The number of ketones is 2. The van der Waals surface area contributed by atoms with Crippen molar-refractivity contribution < 1.29 is 33.0 Å². The summed E-state index contributed by atoms with van der Waals surface area (Å²) in [6.45, 7) is 3.42. The normalized spacial score (nSPS) is 19.5. The van der Waals surface area contributed by atoms with E-state index < -0.39 is 17.3 Å². The molecule has 1 aliphatic carbocycles. The molecule has 3 aromatic carbocycles. The fourth-order valence-electron chi connectivity index (χ4n) is 6.81. The lowest BCUT2D eigenvalue weighted by molar-refractivity contribution is -0.133. The molecule has 7 rings (SSSR count). The number of amides is 1. The molecule has 2 bridgehead atoms. The number of aryl methyl sites for hydroxylation is 1. The molecular formula is C37H36FN3O6. The van der Waals surface area contributed by atoms with E-state index in [0.717, 1.165) is 24.1 Å². The summed E-state index contributed by atoms with van der Waals surface area (Å²) in [5.74, 6) is -0.0702. The maximum absolute atomic E-state index is 15.4. The van der Waals surface area contributed by atoms with Gasteiger partial charge in [-0.2, -0.15) is 0 Å². The third-order valence-electron chi connectivity index (χ3n) is 9.82. The number of fused-ring (bicyclic) bond motifs is 3. The summed E-state index contributed by atoms with van der Waals surface area (Å²) >= 11 is 0. The lowest BCUT2D eigenvalue weighted by Gasteiger charge is -2.31. The topological polar surface area (TPSA) is 98.3 Å². The predicted molar refractivity (Wildman–Crippen MR) is 173 cm³/mol. The standard InChI is InChI=1S/C37H36FN3O6/c1-22-4-6-23(7-5-22)15-34(42)37(11-12-37)35(43)16-24-8-9-31(28(38)14-24)46-30-10-13-39-29-19-33(32(45-3)18-27(29)30)47-36(44)41-21-25-17-26(41)20-40(25)2/h4-10,13-14,18-19,25-26H,11-12,15-17,20-21H2,1-3H3/t25-,26-/m1/s1. The fourth-order valence-corrected chi connectivity index (χ4v) is 6.81. The van der Waals surface area contributed by atoms with Crippen molar-refractivity contribution in [2.45, 2.75) is 51.1 Å². The highest BCUT2D eigenvalue weighted by molar-refractivity contribution is 6.11. The summed E-state index contributed by atoms with van der Waals surface area (Å²) in [4.78, 5) is 47.8. The van der Waals surface area contributed by atoms with E-state index in [0.29, 0.717) is 53.4 Å². The second-order valence-corrected chi connectivity index (χ2v) is 13.0. The van der Waals surface area contributed by atoms with Crippen molar-refractivity contribution in [3.05, 3.63) is 89.4 Å². The summed E-state index contributed by atoms with van der Waals surface area (Å²) < 4.78 is 32.7. The number of likely N-dealkylation sites (N-methyl/N-ethyl adjacent to an activating group) is 1. The predicted octanol–water partition coefficient (Wildman–Crippen LogP) is 6.07. The second-order valence-electron chi connectivity index (χ2n) is 13.0. The maximum atomic E-state index is 15.4. The summed E-state index contributed by atoms with van der Waals surface area (Å²) in [5.41, 5.74) is 1.95. The van der Waals surface area contributed by atoms with E-state index in [9.17, 15) is 14.4 Å². The van der Waals surface area contributed by atoms with Gasteiger partial charge in [-0.05, 0) is 68.6 Å². The smallest absolute Gasteiger partial charge is 0.415 e. The Hall–Kier alpha value is -4.83. The Morgan fingerprint density at radius 1 is 0.872 bits per heavy atom. The van der Waals surface area contributed by atoms with Crippen LogP contribution in [-0.4, -0.2) is 71.8 Å². The number of benzene rings is 3. The molecule has 4 aromatic rings. The Balaban J connectivity index is 1.04. The van der Waals surface area contributed by atoms with Crippen LogP contribution in [0.5, 0.6) is 23.0 Å². The number of likely N-dealkylation sites (tertiary alicyclic amines) is 2. The Morgan fingerprint density at radius 2 is 1.60 bits per heavy atom. The van der Waals surface area contributed by atoms with E-state index in [2.05, 4.69) is 16.9 Å². The van der Waals surface area contributed by atoms with Crippen LogP contribution in [0.25, 0.3) is 10.9 Å². The Kier molecular flexibility index (Phi) is 7.91. The van der Waals surface area contributed by atoms with Gasteiger partial charge in [-0.25, -0.2) is 9.18 Å². The van der Waals surface area contributed by atoms with Crippen molar-refractivity contribution in [3.8, 4) is 23.0 Å². The maximum Gasteiger partial charge on any atom is 0.415 e. The summed E-state index contributed by atoms with van der Waals surface area (Å²) in [5, 5.41) is 0.535. The van der Waals surface area contributed by atoms with E-state index in [1.807, 2.05) is 31.2 Å². The molecule has 0 N–H and O–H groups in total. The number of ether oxygens (including phenoxy) is 3. The highest BCUT2D eigenvalue weighted by atomic mass is 19.1. The van der Waals surface area contributed by atoms with Crippen LogP contribution in [-0.2, 0) is 22.4 Å². The fraction of sp³-hybridized carbons (Fsp3) is 0.351. The van der Waals surface area contributed by atoms with Crippen molar-refractivity contribution >= 4 is 28.6 Å². The molecule has 9 nitrogen and oxygen atoms in total. The molecule has 0 unspecified atom stereocenters. The first-order valence-corrected chi connectivity index (χ1v) is 15.9. The van der Waals surface area contributed by atoms with E-state index >= 15 is 4.39 Å². The number of hydrogen-bond donors (Lipinski definition) is 0. The molecular weight excluding hydrogens is 601 g/mol. The molecule has 10 heteroatoms. The van der Waals surface area contributed by atoms with Crippen LogP contribution < -0.4 is 14.2 Å². The van der Waals surface area contributed by atoms with Gasteiger partial charge in [0.1, 0.15) is 5.75 Å². The van der Waals surface area contributed by atoms with Gasteiger partial charge in [0.25, 0.3) is 0 Å². The molecule has 1 amide bonds. The summed E-state index contributed by atoms with van der Waals surface area (Å²) in [6, 6.07) is 17.5. The highest BCUT2D eigenvalue weighted by Gasteiger charge is 2.54. The number of nitrogens with zero attached hydrogens (tertiary/aromatic N) is 3. The van der Waals surface area contributed by atoms with E-state index in [4.69, 9.17) is 14.2 Å². The van der Waals surface area contributed by atoms with Crippen LogP contribution in [0.1, 0.15) is 36.0 Å². The number of piperazine rings is 1. The molecule has 2 saturated heterocycles. The molecule has 1 aromatic heterocycles. The van der Waals surface area contributed by atoms with Gasteiger partial charge in [0.15, 0.2) is 34.6 Å². The first kappa shape index (κ1) is 30.8. The largest absolute Gasteiger partial charge is 0.493 e. The van der Waals surface area contributed by atoms with Crippen LogP contribution in [0.3, 0.4) is 0 Å². The molecule has 2 atom stereocenters. The Labute approximate surface area is 272 Å². The monoisotopic (exact) mass is 637 g/mol. The number of carbonyl (C=O) groups is 3. The average Bonchev–Trinajstić information content (AvgIpc) is 3.66. The summed E-state index contributed by atoms with van der Waals surface area (Å²) in [6.07, 6.45) is 3.25. The number of hydrogen-bond acceptors (Lipinski definition) is 8. The van der Waals surface area contributed by atoms with Crippen molar-refractivity contribution in [2.24, 2.45) is 5.41 Å². The zero-order valence-corrected chi connectivity index (χ0v) is 26.6. The Morgan fingerprint density at radius 3 is 2.23 bits per heavy atom. The van der Waals surface area contributed by atoms with Gasteiger partial charge in [0.2, 0.25) is 0 Å². The molecule has 47 heavy (non-hydrogen) atoms. The quantitative estimate of drug-likeness (QED) is 0.193. The van der Waals surface area contributed by atoms with Gasteiger partial charge in [-0.3, -0.25) is 19.5 Å². The van der Waals surface area contributed by atoms with Gasteiger partial charge in [-0.1, -0.05) is 35.9 Å². The average molecular weight is 638 g/mol. The number of aromatic nitrogens is 1. The van der Waals surface area contributed by atoms with Crippen LogP contribution >= 0.6 is 0 Å². The first-order valence-electron chi connectivity index (χ1n) is 15.9. The number of pyridine rings is 1. The zero-order valence-electron chi connectivity index (χ0n) is 26.6. The molecule has 3 aliphatic rings. The van der Waals surface area contributed by atoms with Crippen molar-refractivity contribution in [1.29, 1.82) is 0 Å². The number of carbonyl (C=O) groups excluding carboxylic acids is 3. The number of rotatable bonds is 10. The highest BCUT2D eigenvalue weighted by Crippen LogP contribution is 2.49. The van der Waals surface area contributed by atoms with Crippen LogP contribution in [0.2, 0.25) is 0 Å². The van der Waals surface area contributed by atoms with Crippen molar-refractivity contribution in [3.63, 3.8) is 0 Å². The van der Waals surface area contributed by atoms with Gasteiger partial charge in [0, 0.05) is 55.7 Å². The van der Waals surface area contributed by atoms with E-state index in [1.165, 1.54) is 25.4 Å². The van der Waals surface area contributed by atoms with Gasteiger partial charge < -0.3 is 19.1 Å². The molecule has 3 fully saturated rings. The number of methoxy groups -OCH3 is 1. The molecule has 3 heterocycles. The second kappa shape index (κ2) is 12.1. The molecule has 1 saturated carbocycles. The number of Topliss-reactive ketones (excluding diaryl/α,β-unsaturated/α-hetero) is 2. The molecule has 242 valence electrons. The minimum Gasteiger partial charge on any atom is -0.493 e. The van der Waals surface area contributed by atoms with Gasteiger partial charge >= 0.3 is 6.09 Å². The number of halogens is 1. The minimum atomic E-state index is -0.983. The molecule has 0 radical (unpaired) electrons. The first-order chi connectivity index (χ1) is 22.6. The van der Waals surface area contributed by atoms with E-state index in [-0.39, 0.29) is 41.9 Å². The summed E-state index contributed by atoms with van der Waals surface area (Å²) in [7, 11) is 3.54. The van der Waals surface area contributed by atoms with Gasteiger partial charge in [0.05, 0.1) is 18.0 Å². The van der Waals surface area contributed by atoms with Crippen molar-refractivity contribution in [1.82, 2.24) is 14.8 Å². The molecule has 0 spiro atoms. The Bertz CT molecular complexity index is 1890. The lowest BCUT2D eigenvalue weighted by Crippen LogP contribution is -2.48. The van der Waals surface area contributed by atoms with Crippen LogP contribution in [0, 0.1) is 18.2 Å². The SMILES string of the molecule is COc1cc2c(Oc3ccc(CC(=O)C4(C(=O)Cc5ccc(C)cc5)CC4)cc3F)ccnc2cc1OC(=O)N1C[C@H]2C[C@@H]1CN2C. The zero-order chi connectivity index (χ0) is 32.9. The molecule has 2 aliphatic heterocycles. The third-order valence-corrected chi connectivity index (χ3v) is 9.82.